The largest absolute Gasteiger partial charge is 0.300 e. The van der Waals surface area contributed by atoms with Gasteiger partial charge in [-0.15, -0.1) is 0 Å². The van der Waals surface area contributed by atoms with Gasteiger partial charge in [-0.05, 0) is 44.6 Å². The van der Waals surface area contributed by atoms with Gasteiger partial charge in [0.15, 0.2) is 5.78 Å². The molecule has 2 unspecified atom stereocenters. The summed E-state index contributed by atoms with van der Waals surface area (Å²) in [5.74, 6) is 1.11. The molecule has 0 aliphatic carbocycles. The molecule has 0 aromatic carbocycles. The number of Topliss-reactive ketones (excluding diaryl/α,β-unsaturated/α-hetero) is 3. The molecule has 0 radical (unpaired) electrons. The fraction of sp³-hybridized carbons (Fsp3) is 0.625. The van der Waals surface area contributed by atoms with Gasteiger partial charge in [0.1, 0.15) is 11.6 Å². The average Bonchev–Trinajstić information content (AvgIpc) is 2.63. The van der Waals surface area contributed by atoms with Crippen LogP contribution in [0.2, 0.25) is 0 Å². The van der Waals surface area contributed by atoms with Gasteiger partial charge in [0.2, 0.25) is 0 Å². The molecule has 0 saturated heterocycles. The molecule has 0 N–H and O–H groups in total. The molecular formula is C24H40O3. The maximum Gasteiger partial charge on any atom is 0.159 e. The van der Waals surface area contributed by atoms with Gasteiger partial charge in [-0.2, -0.15) is 0 Å². The third-order valence-corrected chi connectivity index (χ3v) is 4.74. The average molecular weight is 377 g/mol. The van der Waals surface area contributed by atoms with Crippen LogP contribution in [0.25, 0.3) is 0 Å². The molecule has 27 heavy (non-hydrogen) atoms. The molecule has 0 aromatic heterocycles. The first kappa shape index (κ1) is 27.4. The fourth-order valence-electron chi connectivity index (χ4n) is 2.29. The minimum absolute atomic E-state index is 0.0541. The van der Waals surface area contributed by atoms with Crippen molar-refractivity contribution >= 4 is 17.3 Å². The number of carbonyl (C=O) groups excluding carboxylic acids is 3. The maximum absolute atomic E-state index is 11.4. The van der Waals surface area contributed by atoms with E-state index in [-0.39, 0.29) is 23.3 Å². The molecule has 0 spiro atoms. The summed E-state index contributed by atoms with van der Waals surface area (Å²) in [5, 5.41) is 0. The lowest BCUT2D eigenvalue weighted by Gasteiger charge is -2.13. The minimum atomic E-state index is 0.0541. The summed E-state index contributed by atoms with van der Waals surface area (Å²) in [7, 11) is 0. The molecule has 0 rings (SSSR count). The van der Waals surface area contributed by atoms with Crippen molar-refractivity contribution < 1.29 is 14.4 Å². The SMILES string of the molecule is C=C(/C=C(/CC(C)CC)C(=C)C(C)=O)CC.CCC(=O)C(C)CCC(C)=O. The van der Waals surface area contributed by atoms with Crippen LogP contribution >= 0.6 is 0 Å². The van der Waals surface area contributed by atoms with Crippen LogP contribution in [0.5, 0.6) is 0 Å². The van der Waals surface area contributed by atoms with Crippen molar-refractivity contribution in [2.75, 3.05) is 0 Å². The fourth-order valence-corrected chi connectivity index (χ4v) is 2.29. The second kappa shape index (κ2) is 15.3. The molecule has 0 amide bonds. The molecule has 0 aliphatic heterocycles. The summed E-state index contributed by atoms with van der Waals surface area (Å²) in [6, 6.07) is 0. The first-order valence-corrected chi connectivity index (χ1v) is 10.1. The van der Waals surface area contributed by atoms with E-state index < -0.39 is 0 Å². The zero-order valence-electron chi connectivity index (χ0n) is 18.6. The van der Waals surface area contributed by atoms with Gasteiger partial charge in [-0.3, -0.25) is 9.59 Å². The van der Waals surface area contributed by atoms with E-state index in [1.54, 1.807) is 13.8 Å². The van der Waals surface area contributed by atoms with E-state index in [0.717, 1.165) is 30.4 Å². The minimum Gasteiger partial charge on any atom is -0.300 e. The molecule has 0 aliphatic rings. The molecule has 0 fully saturated rings. The van der Waals surface area contributed by atoms with Crippen molar-refractivity contribution in [2.45, 2.75) is 87.0 Å². The number of hydrogen-bond acceptors (Lipinski definition) is 3. The van der Waals surface area contributed by atoms with Crippen LogP contribution in [0, 0.1) is 11.8 Å². The van der Waals surface area contributed by atoms with Crippen molar-refractivity contribution in [1.82, 2.24) is 0 Å². The highest BCUT2D eigenvalue weighted by atomic mass is 16.1. The predicted molar refractivity (Wildman–Crippen MR) is 116 cm³/mol. The van der Waals surface area contributed by atoms with Crippen LogP contribution in [0.3, 0.4) is 0 Å². The quantitative estimate of drug-likeness (QED) is 0.291. The molecule has 0 bridgehead atoms. The molecule has 2 atom stereocenters. The normalized spacial score (nSPS) is 13.1. The summed E-state index contributed by atoms with van der Waals surface area (Å²) in [6.45, 7) is 21.1. The number of carbonyl (C=O) groups is 3. The molecule has 0 aromatic rings. The van der Waals surface area contributed by atoms with Gasteiger partial charge in [-0.1, -0.05) is 65.8 Å². The topological polar surface area (TPSA) is 51.2 Å². The van der Waals surface area contributed by atoms with Gasteiger partial charge in [0.05, 0.1) is 0 Å². The van der Waals surface area contributed by atoms with Gasteiger partial charge < -0.3 is 4.79 Å². The van der Waals surface area contributed by atoms with E-state index in [9.17, 15) is 14.4 Å². The van der Waals surface area contributed by atoms with Crippen molar-refractivity contribution in [1.29, 1.82) is 0 Å². The summed E-state index contributed by atoms with van der Waals surface area (Å²) >= 11 is 0. The van der Waals surface area contributed by atoms with Gasteiger partial charge in [0.25, 0.3) is 0 Å². The van der Waals surface area contributed by atoms with Crippen LogP contribution in [-0.4, -0.2) is 17.3 Å². The van der Waals surface area contributed by atoms with E-state index in [4.69, 9.17) is 0 Å². The Bertz CT molecular complexity index is 552. The Labute approximate surface area is 167 Å². The van der Waals surface area contributed by atoms with Gasteiger partial charge >= 0.3 is 0 Å². The Balaban J connectivity index is 0. The summed E-state index contributed by atoms with van der Waals surface area (Å²) < 4.78 is 0. The third-order valence-electron chi connectivity index (χ3n) is 4.74. The lowest BCUT2D eigenvalue weighted by atomic mass is 9.91. The van der Waals surface area contributed by atoms with Crippen LogP contribution in [0.15, 0.2) is 36.0 Å². The zero-order valence-corrected chi connectivity index (χ0v) is 18.6. The smallest absolute Gasteiger partial charge is 0.159 e. The number of rotatable bonds is 12. The van der Waals surface area contributed by atoms with Crippen LogP contribution in [-0.2, 0) is 14.4 Å². The van der Waals surface area contributed by atoms with Crippen LogP contribution in [0.4, 0.5) is 0 Å². The first-order valence-electron chi connectivity index (χ1n) is 10.1. The first-order chi connectivity index (χ1) is 12.5. The van der Waals surface area contributed by atoms with Gasteiger partial charge in [0, 0.05) is 24.3 Å². The lowest BCUT2D eigenvalue weighted by Crippen LogP contribution is -2.10. The van der Waals surface area contributed by atoms with E-state index in [2.05, 4.69) is 33.9 Å². The van der Waals surface area contributed by atoms with E-state index in [1.807, 2.05) is 19.9 Å². The Kier molecular flexibility index (Phi) is 15.6. The number of allylic oxidation sites excluding steroid dienone is 4. The highest BCUT2D eigenvalue weighted by molar-refractivity contribution is 5.97. The highest BCUT2D eigenvalue weighted by Crippen LogP contribution is 2.23. The van der Waals surface area contributed by atoms with E-state index in [1.165, 1.54) is 0 Å². The Hall–Kier alpha value is -1.77. The molecule has 3 nitrogen and oxygen atoms in total. The van der Waals surface area contributed by atoms with Crippen molar-refractivity contribution in [2.24, 2.45) is 11.8 Å². The van der Waals surface area contributed by atoms with Crippen LogP contribution < -0.4 is 0 Å². The van der Waals surface area contributed by atoms with Gasteiger partial charge in [-0.25, -0.2) is 0 Å². The number of hydrogen-bond donors (Lipinski definition) is 0. The van der Waals surface area contributed by atoms with Crippen molar-refractivity contribution in [3.8, 4) is 0 Å². The zero-order chi connectivity index (χ0) is 21.6. The second-order valence-electron chi connectivity index (χ2n) is 7.40. The third kappa shape index (κ3) is 14.0. The summed E-state index contributed by atoms with van der Waals surface area (Å²) in [6.07, 6.45) is 6.79. The number of ketones is 3. The Morgan fingerprint density at radius 1 is 0.963 bits per heavy atom. The second-order valence-corrected chi connectivity index (χ2v) is 7.40. The Morgan fingerprint density at radius 3 is 1.89 bits per heavy atom. The summed E-state index contributed by atoms with van der Waals surface area (Å²) in [5.41, 5.74) is 2.74. The van der Waals surface area contributed by atoms with E-state index in [0.29, 0.717) is 30.8 Å². The monoisotopic (exact) mass is 376 g/mol. The molecular weight excluding hydrogens is 336 g/mol. The van der Waals surface area contributed by atoms with Crippen molar-refractivity contribution in [3.05, 3.63) is 36.0 Å². The Morgan fingerprint density at radius 2 is 1.52 bits per heavy atom. The molecule has 3 heteroatoms. The van der Waals surface area contributed by atoms with Crippen LogP contribution in [0.1, 0.15) is 87.0 Å². The van der Waals surface area contributed by atoms with Crippen molar-refractivity contribution in [3.63, 3.8) is 0 Å². The highest BCUT2D eigenvalue weighted by Gasteiger charge is 2.11. The summed E-state index contributed by atoms with van der Waals surface area (Å²) in [4.78, 5) is 32.9. The maximum atomic E-state index is 11.4. The molecule has 154 valence electrons. The standard InChI is InChI=1S/C15H24O.C9H16O2/c1-7-11(3)9-15(10-12(4)8-2)13(5)14(6)16;1-4-9(11)7(2)5-6-8(3)10/h9,12H,3,5,7-8,10H2,1-2,4,6H3;7H,4-6H2,1-3H3/b15-9-;. The predicted octanol–water partition coefficient (Wildman–Crippen LogP) is 6.43. The molecule has 0 saturated carbocycles. The molecule has 0 heterocycles. The van der Waals surface area contributed by atoms with E-state index >= 15 is 0 Å². The lowest BCUT2D eigenvalue weighted by molar-refractivity contribution is -0.122.